The molecule has 1 aliphatic heterocycles. The number of nitro groups is 1. The molecule has 0 bridgehead atoms. The molecule has 1 atom stereocenters. The summed E-state index contributed by atoms with van der Waals surface area (Å²) >= 11 is 2.96. The van der Waals surface area contributed by atoms with Crippen molar-refractivity contribution in [1.82, 2.24) is 14.8 Å². The minimum absolute atomic E-state index is 0.0519. The second kappa shape index (κ2) is 7.55. The number of alkyl halides is 4. The fraction of sp³-hybridized carbons (Fsp3) is 0.357. The van der Waals surface area contributed by atoms with Crippen LogP contribution in [-0.2, 0) is 6.54 Å². The third-order valence-electron chi connectivity index (χ3n) is 3.89. The summed E-state index contributed by atoms with van der Waals surface area (Å²) in [5, 5.41) is 27.5. The average Bonchev–Trinajstić information content (AvgIpc) is 3.32. The third kappa shape index (κ3) is 3.87. The maximum absolute atomic E-state index is 13.2. The Morgan fingerprint density at radius 3 is 2.66 bits per heavy atom. The number of carbonyl (C=O) groups excluding carboxylic acids is 1. The molecule has 1 unspecified atom stereocenters. The molecule has 0 radical (unpaired) electrons. The maximum atomic E-state index is 13.2. The Hall–Kier alpha value is -2.81. The number of aromatic nitrogens is 2. The van der Waals surface area contributed by atoms with Crippen LogP contribution in [0.2, 0.25) is 0 Å². The van der Waals surface area contributed by atoms with E-state index in [0.29, 0.717) is 0 Å². The summed E-state index contributed by atoms with van der Waals surface area (Å²) in [5.41, 5.74) is -4.30. The highest BCUT2D eigenvalue weighted by molar-refractivity contribution is 9.10. The average molecular weight is 484 g/mol. The van der Waals surface area contributed by atoms with Gasteiger partial charge in [0.2, 0.25) is 5.72 Å². The van der Waals surface area contributed by atoms with Gasteiger partial charge in [-0.25, -0.2) is 17.6 Å². The number of carbonyl (C=O) groups is 1. The molecule has 2 aromatic heterocycles. The number of hydrogen-bond acceptors (Lipinski definition) is 7. The van der Waals surface area contributed by atoms with E-state index in [-0.39, 0.29) is 21.8 Å². The Bertz CT molecular complexity index is 993. The number of nitrogens with zero attached hydrogens (tertiary/aromatic N) is 5. The van der Waals surface area contributed by atoms with E-state index in [9.17, 15) is 37.6 Å². The van der Waals surface area contributed by atoms with Crippen molar-refractivity contribution in [2.45, 2.75) is 31.5 Å². The van der Waals surface area contributed by atoms with Gasteiger partial charge in [-0.05, 0) is 33.0 Å². The summed E-state index contributed by atoms with van der Waals surface area (Å²) in [6.45, 7) is -0.162. The van der Waals surface area contributed by atoms with E-state index in [0.717, 1.165) is 10.7 Å². The van der Waals surface area contributed by atoms with Gasteiger partial charge in [0, 0.05) is 6.42 Å². The fourth-order valence-corrected chi connectivity index (χ4v) is 3.00. The summed E-state index contributed by atoms with van der Waals surface area (Å²) in [4.78, 5) is 22.5. The number of furan rings is 1. The van der Waals surface area contributed by atoms with Crippen molar-refractivity contribution in [1.29, 1.82) is 0 Å². The lowest BCUT2D eigenvalue weighted by Gasteiger charge is -2.29. The zero-order valence-electron chi connectivity index (χ0n) is 14.0. The van der Waals surface area contributed by atoms with Gasteiger partial charge in [-0.15, -0.1) is 0 Å². The smallest absolute Gasteiger partial charge is 0.404 e. The first-order valence-corrected chi connectivity index (χ1v) is 8.49. The quantitative estimate of drug-likeness (QED) is 0.382. The summed E-state index contributed by atoms with van der Waals surface area (Å²) in [6, 6.07) is 2.32. The lowest BCUT2D eigenvalue weighted by Crippen LogP contribution is -2.51. The number of hydrazone groups is 1. The number of amides is 1. The monoisotopic (exact) mass is 483 g/mol. The van der Waals surface area contributed by atoms with Gasteiger partial charge >= 0.3 is 11.7 Å². The highest BCUT2D eigenvalue weighted by Crippen LogP contribution is 2.34. The van der Waals surface area contributed by atoms with Crippen molar-refractivity contribution in [2.75, 3.05) is 0 Å². The van der Waals surface area contributed by atoms with E-state index >= 15 is 0 Å². The molecule has 1 N–H and O–H groups in total. The van der Waals surface area contributed by atoms with Crippen molar-refractivity contribution in [2.24, 2.45) is 5.10 Å². The molecule has 3 heterocycles. The molecule has 0 aromatic carbocycles. The van der Waals surface area contributed by atoms with Crippen molar-refractivity contribution in [3.05, 3.63) is 44.4 Å². The molecule has 0 saturated heterocycles. The van der Waals surface area contributed by atoms with Crippen LogP contribution in [-0.4, -0.2) is 55.0 Å². The van der Waals surface area contributed by atoms with Gasteiger partial charge in [-0.2, -0.15) is 14.8 Å². The van der Waals surface area contributed by atoms with E-state index in [2.05, 4.69) is 26.1 Å². The van der Waals surface area contributed by atoms with Crippen LogP contribution in [0.15, 0.2) is 32.3 Å². The highest BCUT2D eigenvalue weighted by atomic mass is 79.9. The van der Waals surface area contributed by atoms with Gasteiger partial charge in [0.1, 0.15) is 22.5 Å². The summed E-state index contributed by atoms with van der Waals surface area (Å²) in [5.74, 6) is -2.32. The van der Waals surface area contributed by atoms with Gasteiger partial charge in [0.15, 0.2) is 5.76 Å². The van der Waals surface area contributed by atoms with Crippen LogP contribution in [0, 0.1) is 10.1 Å². The Balaban J connectivity index is 1.83. The van der Waals surface area contributed by atoms with E-state index in [1.54, 1.807) is 0 Å². The summed E-state index contributed by atoms with van der Waals surface area (Å²) in [6.07, 6.45) is -6.74. The molecule has 10 nitrogen and oxygen atoms in total. The Labute approximate surface area is 166 Å². The lowest BCUT2D eigenvalue weighted by atomic mass is 10.1. The number of rotatable bonds is 6. The van der Waals surface area contributed by atoms with Crippen LogP contribution >= 0.6 is 15.9 Å². The standard InChI is InChI=1S/C14H10BrF4N5O5/c15-7-5-22(21-11(7)24(27)28)4-6-1-2-9(29-6)12(25)23-14(26,13(18)19)3-8(20-23)10(16)17/h1-2,5,10,13,26H,3-4H2. The Kier molecular flexibility index (Phi) is 5.44. The zero-order chi connectivity index (χ0) is 21.5. The van der Waals surface area contributed by atoms with E-state index in [1.807, 2.05) is 0 Å². The van der Waals surface area contributed by atoms with Crippen LogP contribution in [0.25, 0.3) is 0 Å². The molecule has 15 heteroatoms. The maximum Gasteiger partial charge on any atom is 0.404 e. The molecule has 2 aromatic rings. The molecule has 3 rings (SSSR count). The minimum atomic E-state index is -3.57. The molecule has 29 heavy (non-hydrogen) atoms. The summed E-state index contributed by atoms with van der Waals surface area (Å²) < 4.78 is 58.5. The third-order valence-corrected chi connectivity index (χ3v) is 4.45. The molecule has 1 amide bonds. The van der Waals surface area contributed by atoms with E-state index < -0.39 is 53.1 Å². The predicted octanol–water partition coefficient (Wildman–Crippen LogP) is 2.62. The SMILES string of the molecule is O=C(c1ccc(Cn2cc(Br)c([N+](=O)[O-])n2)o1)N1N=C(C(F)F)CC1(O)C(F)F. The topological polar surface area (TPSA) is 127 Å². The second-order valence-corrected chi connectivity index (χ2v) is 6.74. The first-order chi connectivity index (χ1) is 13.5. The second-order valence-electron chi connectivity index (χ2n) is 5.89. The summed E-state index contributed by atoms with van der Waals surface area (Å²) in [7, 11) is 0. The molecule has 1 aliphatic rings. The fourth-order valence-electron chi connectivity index (χ4n) is 2.54. The normalized spacial score (nSPS) is 19.3. The number of halogens is 5. The number of aliphatic hydroxyl groups is 1. The van der Waals surface area contributed by atoms with Crippen LogP contribution in [0.1, 0.15) is 22.7 Å². The molecular weight excluding hydrogens is 474 g/mol. The van der Waals surface area contributed by atoms with Crippen molar-refractivity contribution in [3.8, 4) is 0 Å². The van der Waals surface area contributed by atoms with Crippen molar-refractivity contribution < 1.29 is 36.8 Å². The van der Waals surface area contributed by atoms with Gasteiger partial charge < -0.3 is 19.6 Å². The van der Waals surface area contributed by atoms with Crippen LogP contribution in [0.5, 0.6) is 0 Å². The van der Waals surface area contributed by atoms with Gasteiger partial charge in [-0.3, -0.25) is 4.79 Å². The van der Waals surface area contributed by atoms with Crippen LogP contribution < -0.4 is 0 Å². The van der Waals surface area contributed by atoms with Crippen LogP contribution in [0.3, 0.4) is 0 Å². The van der Waals surface area contributed by atoms with Crippen LogP contribution in [0.4, 0.5) is 23.4 Å². The minimum Gasteiger partial charge on any atom is -0.454 e. The molecule has 0 spiro atoms. The largest absolute Gasteiger partial charge is 0.454 e. The van der Waals surface area contributed by atoms with E-state index in [4.69, 9.17) is 4.42 Å². The zero-order valence-corrected chi connectivity index (χ0v) is 15.6. The highest BCUT2D eigenvalue weighted by Gasteiger charge is 2.54. The van der Waals surface area contributed by atoms with Gasteiger partial charge in [0.05, 0.1) is 11.3 Å². The molecular formula is C14H10BrF4N5O5. The Morgan fingerprint density at radius 1 is 1.41 bits per heavy atom. The molecule has 156 valence electrons. The number of hydrogen-bond donors (Lipinski definition) is 1. The lowest BCUT2D eigenvalue weighted by molar-refractivity contribution is -0.390. The van der Waals surface area contributed by atoms with Gasteiger partial charge in [-0.1, -0.05) is 0 Å². The first-order valence-electron chi connectivity index (χ1n) is 7.69. The van der Waals surface area contributed by atoms with Gasteiger partial charge in [0.25, 0.3) is 12.9 Å². The van der Waals surface area contributed by atoms with Crippen molar-refractivity contribution in [3.63, 3.8) is 0 Å². The molecule has 0 aliphatic carbocycles. The van der Waals surface area contributed by atoms with E-state index in [1.165, 1.54) is 12.3 Å². The predicted molar refractivity (Wildman–Crippen MR) is 89.6 cm³/mol. The molecule has 0 fully saturated rings. The Morgan fingerprint density at radius 2 is 2.10 bits per heavy atom. The molecule has 0 saturated carbocycles. The van der Waals surface area contributed by atoms with Crippen molar-refractivity contribution >= 4 is 33.4 Å². The first kappa shape index (κ1) is 20.9.